The highest BCUT2D eigenvalue weighted by Gasteiger charge is 2.50. The van der Waals surface area contributed by atoms with Gasteiger partial charge in [0.05, 0.1) is 0 Å². The van der Waals surface area contributed by atoms with Gasteiger partial charge in [0.2, 0.25) is 0 Å². The lowest BCUT2D eigenvalue weighted by Crippen LogP contribution is -2.27. The van der Waals surface area contributed by atoms with E-state index in [-0.39, 0.29) is 0 Å². The average molecular weight is 412 g/mol. The zero-order chi connectivity index (χ0) is 12.3. The van der Waals surface area contributed by atoms with Gasteiger partial charge in [0, 0.05) is 20.2 Å². The largest absolute Gasteiger partial charge is 0.0889 e. The molecule has 0 heterocycles. The molecule has 102 valence electrons. The van der Waals surface area contributed by atoms with E-state index in [4.69, 9.17) is 0 Å². The summed E-state index contributed by atoms with van der Waals surface area (Å²) in [6.07, 6.45) is 8.97. The molecule has 4 heteroatoms. The van der Waals surface area contributed by atoms with Gasteiger partial charge in [-0.15, -0.1) is 0 Å². The summed E-state index contributed by atoms with van der Waals surface area (Å²) in [5.41, 5.74) is 0. The Hall–Kier alpha value is 1.66. The Labute approximate surface area is 135 Å². The van der Waals surface area contributed by atoms with Crippen molar-refractivity contribution in [3.63, 3.8) is 0 Å². The number of halogens is 2. The second-order valence-electron chi connectivity index (χ2n) is 6.68. The van der Waals surface area contributed by atoms with E-state index in [0.29, 0.717) is 0 Å². The number of rotatable bonds is 3. The lowest BCUT2D eigenvalue weighted by molar-refractivity contribution is 0.507. The van der Waals surface area contributed by atoms with Gasteiger partial charge in [-0.25, -0.2) is 0 Å². The van der Waals surface area contributed by atoms with Gasteiger partial charge in [-0.2, -0.15) is 0 Å². The second-order valence-corrected chi connectivity index (χ2v) is 11.4. The number of fused-ring (bicyclic) bond motifs is 4. The van der Waals surface area contributed by atoms with Gasteiger partial charge in [-0.3, -0.25) is 0 Å². The van der Waals surface area contributed by atoms with Crippen molar-refractivity contribution < 1.29 is 0 Å². The fourth-order valence-electron chi connectivity index (χ4n) is 4.73. The minimum Gasteiger partial charge on any atom is -0.0889 e. The topological polar surface area (TPSA) is 0 Å². The van der Waals surface area contributed by atoms with Crippen LogP contribution in [0.5, 0.6) is 0 Å². The normalized spacial score (nSPS) is 57.7. The van der Waals surface area contributed by atoms with Gasteiger partial charge < -0.3 is 0 Å². The number of alkyl halides is 2. The van der Waals surface area contributed by atoms with Crippen molar-refractivity contribution in [3.05, 3.63) is 0 Å². The maximum absolute atomic E-state index is 3.98. The van der Waals surface area contributed by atoms with Gasteiger partial charge >= 0.3 is 0 Å². The predicted octanol–water partition coefficient (Wildman–Crippen LogP) is 5.49. The highest BCUT2D eigenvalue weighted by Crippen LogP contribution is 2.60. The third-order valence-electron chi connectivity index (χ3n) is 5.76. The monoisotopic (exact) mass is 410 g/mol. The van der Waals surface area contributed by atoms with Crippen molar-refractivity contribution >= 4 is 53.4 Å². The summed E-state index contributed by atoms with van der Waals surface area (Å²) in [6.45, 7) is 0. The van der Waals surface area contributed by atoms with Gasteiger partial charge in [-0.1, -0.05) is 53.4 Å². The van der Waals surface area contributed by atoms with Crippen molar-refractivity contribution in [1.29, 1.82) is 0 Å². The van der Waals surface area contributed by atoms with Gasteiger partial charge in [0.25, 0.3) is 0 Å². The average Bonchev–Trinajstić information content (AvgIpc) is 3.08. The van der Waals surface area contributed by atoms with Crippen LogP contribution in [-0.2, 0) is 0 Å². The molecule has 0 aromatic carbocycles. The Morgan fingerprint density at radius 2 is 1.00 bits per heavy atom. The maximum atomic E-state index is 3.98. The molecule has 4 bridgehead atoms. The Balaban J connectivity index is 1.36. The SMILES string of the molecule is Br[C@@H]1[C@H]2CC[C@H](C2)[C@H]1SS[C@H]1[C@@H]2CC[C@H](C2)[C@@H]1Br. The summed E-state index contributed by atoms with van der Waals surface area (Å²) in [5, 5.41) is 1.79. The summed E-state index contributed by atoms with van der Waals surface area (Å²) in [6, 6.07) is 0. The van der Waals surface area contributed by atoms with Crippen LogP contribution in [0.3, 0.4) is 0 Å². The first-order chi connectivity index (χ1) is 8.74. The quantitative estimate of drug-likeness (QED) is 0.444. The van der Waals surface area contributed by atoms with Crippen LogP contribution in [0.4, 0.5) is 0 Å². The highest BCUT2D eigenvalue weighted by molar-refractivity contribution is 9.10. The van der Waals surface area contributed by atoms with Crippen LogP contribution < -0.4 is 0 Å². The van der Waals surface area contributed by atoms with Crippen LogP contribution in [0.1, 0.15) is 38.5 Å². The van der Waals surface area contributed by atoms with Crippen molar-refractivity contribution in [2.24, 2.45) is 23.7 Å². The first kappa shape index (κ1) is 13.3. The molecule has 0 N–H and O–H groups in total. The lowest BCUT2D eigenvalue weighted by atomic mass is 10.0. The highest BCUT2D eigenvalue weighted by atomic mass is 79.9. The van der Waals surface area contributed by atoms with E-state index in [1.807, 2.05) is 0 Å². The molecule has 0 saturated heterocycles. The smallest absolute Gasteiger partial charge is 0.0307 e. The standard InChI is InChI=1S/C14H20Br2S2/c15-11-7-1-3-9(5-7)13(11)17-18-14-10-4-2-8(6-10)12(14)16/h7-14H,1-6H2/t7-,8+,9-,10-,11+,12-,13+,14-/m1/s1. The van der Waals surface area contributed by atoms with Gasteiger partial charge in [-0.05, 0) is 62.2 Å². The van der Waals surface area contributed by atoms with Crippen LogP contribution in [-0.4, -0.2) is 20.2 Å². The molecular weight excluding hydrogens is 392 g/mol. The minimum absolute atomic E-state index is 0.807. The van der Waals surface area contributed by atoms with Crippen molar-refractivity contribution in [1.82, 2.24) is 0 Å². The Kier molecular flexibility index (Phi) is 3.80. The molecule has 4 rings (SSSR count). The predicted molar refractivity (Wildman–Crippen MR) is 89.9 cm³/mol. The molecule has 18 heavy (non-hydrogen) atoms. The van der Waals surface area contributed by atoms with Crippen molar-refractivity contribution in [2.75, 3.05) is 0 Å². The van der Waals surface area contributed by atoms with Crippen LogP contribution in [0.2, 0.25) is 0 Å². The van der Waals surface area contributed by atoms with E-state index in [0.717, 1.165) is 43.8 Å². The third kappa shape index (κ3) is 2.07. The molecule has 0 aliphatic heterocycles. The summed E-state index contributed by atoms with van der Waals surface area (Å²) in [5.74, 6) is 4.02. The van der Waals surface area contributed by atoms with Crippen LogP contribution >= 0.6 is 53.4 Å². The Morgan fingerprint density at radius 1 is 0.611 bits per heavy atom. The van der Waals surface area contributed by atoms with E-state index in [1.165, 1.54) is 38.5 Å². The summed E-state index contributed by atoms with van der Waals surface area (Å²) in [4.78, 5) is 1.61. The Bertz CT molecular complexity index is 302. The molecule has 0 unspecified atom stereocenters. The number of hydrogen-bond acceptors (Lipinski definition) is 2. The van der Waals surface area contributed by atoms with E-state index in [2.05, 4.69) is 53.4 Å². The molecule has 4 aliphatic rings. The molecule has 4 saturated carbocycles. The maximum Gasteiger partial charge on any atom is 0.0307 e. The molecule has 0 radical (unpaired) electrons. The minimum atomic E-state index is 0.807. The zero-order valence-electron chi connectivity index (χ0n) is 10.4. The van der Waals surface area contributed by atoms with Gasteiger partial charge in [0.1, 0.15) is 0 Å². The molecule has 0 aromatic heterocycles. The van der Waals surface area contributed by atoms with Gasteiger partial charge in [0.15, 0.2) is 0 Å². The molecule has 4 fully saturated rings. The van der Waals surface area contributed by atoms with Crippen LogP contribution in [0.15, 0.2) is 0 Å². The molecule has 0 aromatic rings. The summed E-state index contributed by atoms with van der Waals surface area (Å²) >= 11 is 7.96. The van der Waals surface area contributed by atoms with E-state index in [9.17, 15) is 0 Å². The molecule has 0 amide bonds. The Morgan fingerprint density at radius 3 is 1.33 bits per heavy atom. The molecule has 4 aliphatic carbocycles. The third-order valence-corrected chi connectivity index (χ3v) is 12.7. The fraction of sp³-hybridized carbons (Fsp3) is 1.00. The molecular formula is C14H20Br2S2. The van der Waals surface area contributed by atoms with Crippen molar-refractivity contribution in [2.45, 2.75) is 58.7 Å². The summed E-state index contributed by atoms with van der Waals surface area (Å²) < 4.78 is 0. The zero-order valence-corrected chi connectivity index (χ0v) is 15.2. The summed E-state index contributed by atoms with van der Waals surface area (Å²) in [7, 11) is 4.47. The van der Waals surface area contributed by atoms with E-state index in [1.54, 1.807) is 0 Å². The van der Waals surface area contributed by atoms with Crippen LogP contribution in [0.25, 0.3) is 0 Å². The molecule has 0 nitrogen and oxygen atoms in total. The lowest BCUT2D eigenvalue weighted by Gasteiger charge is -2.30. The van der Waals surface area contributed by atoms with Crippen molar-refractivity contribution in [3.8, 4) is 0 Å². The second kappa shape index (κ2) is 5.14. The molecule has 8 atom stereocenters. The van der Waals surface area contributed by atoms with E-state index < -0.39 is 0 Å². The fourth-order valence-corrected chi connectivity index (χ4v) is 12.2. The van der Waals surface area contributed by atoms with E-state index >= 15 is 0 Å². The number of hydrogen-bond donors (Lipinski definition) is 0. The molecule has 0 spiro atoms. The first-order valence-electron chi connectivity index (χ1n) is 7.34. The van der Waals surface area contributed by atoms with Crippen LogP contribution in [0, 0.1) is 23.7 Å². The first-order valence-corrected chi connectivity index (χ1v) is 11.4.